The molecule has 110 valence electrons. The number of rotatable bonds is 4. The van der Waals surface area contributed by atoms with Gasteiger partial charge in [-0.3, -0.25) is 20.2 Å². The highest BCUT2D eigenvalue weighted by atomic mass is 32.1. The molecule has 0 aliphatic heterocycles. The molecule has 9 heteroatoms. The monoisotopic (exact) mass is 307 g/mol. The summed E-state index contributed by atoms with van der Waals surface area (Å²) in [4.78, 5) is 31.3. The Balaban J connectivity index is 2.31. The van der Waals surface area contributed by atoms with Crippen molar-refractivity contribution in [2.45, 2.75) is 20.3 Å². The maximum absolute atomic E-state index is 12.2. The number of nitro groups is 1. The second-order valence-electron chi connectivity index (χ2n) is 4.21. The van der Waals surface area contributed by atoms with Gasteiger partial charge in [0.15, 0.2) is 5.13 Å². The first-order valence-electron chi connectivity index (χ1n) is 6.10. The Labute approximate surface area is 124 Å². The van der Waals surface area contributed by atoms with Gasteiger partial charge in [0.25, 0.3) is 11.6 Å². The molecule has 0 radical (unpaired) electrons. The standard InChI is InChI=1S/C12H13N5O3S/c1-3-8-6(2)21-12(15-8)16-11(18)7-4-10(13)14-5-9(7)17(19)20/h4-5H,3H2,1-2H3,(H2,13,14)(H,15,16,18). The lowest BCUT2D eigenvalue weighted by molar-refractivity contribution is -0.385. The molecule has 0 saturated heterocycles. The normalized spacial score (nSPS) is 10.4. The third-order valence-corrected chi connectivity index (χ3v) is 3.72. The predicted octanol–water partition coefficient (Wildman–Crippen LogP) is 2.15. The molecule has 2 aromatic heterocycles. The van der Waals surface area contributed by atoms with E-state index in [-0.39, 0.29) is 11.4 Å². The average Bonchev–Trinajstić information content (AvgIpc) is 2.78. The Morgan fingerprint density at radius 3 is 2.86 bits per heavy atom. The summed E-state index contributed by atoms with van der Waals surface area (Å²) in [6.07, 6.45) is 1.72. The van der Waals surface area contributed by atoms with Gasteiger partial charge in [0.1, 0.15) is 17.6 Å². The topological polar surface area (TPSA) is 124 Å². The van der Waals surface area contributed by atoms with Crippen LogP contribution < -0.4 is 11.1 Å². The summed E-state index contributed by atoms with van der Waals surface area (Å²) in [5.41, 5.74) is 5.83. The fraction of sp³-hybridized carbons (Fsp3) is 0.250. The average molecular weight is 307 g/mol. The predicted molar refractivity (Wildman–Crippen MR) is 79.5 cm³/mol. The van der Waals surface area contributed by atoms with Crippen LogP contribution in [0.4, 0.5) is 16.6 Å². The Kier molecular flexibility index (Phi) is 4.13. The molecule has 2 heterocycles. The number of amides is 1. The lowest BCUT2D eigenvalue weighted by Crippen LogP contribution is -2.14. The maximum Gasteiger partial charge on any atom is 0.300 e. The molecule has 0 saturated carbocycles. The first-order chi connectivity index (χ1) is 9.92. The second-order valence-corrected chi connectivity index (χ2v) is 5.42. The van der Waals surface area contributed by atoms with Crippen LogP contribution in [-0.2, 0) is 6.42 Å². The maximum atomic E-state index is 12.2. The van der Waals surface area contributed by atoms with E-state index in [2.05, 4.69) is 15.3 Å². The van der Waals surface area contributed by atoms with E-state index in [1.54, 1.807) is 0 Å². The van der Waals surface area contributed by atoms with Gasteiger partial charge in [-0.25, -0.2) is 9.97 Å². The number of nitrogens with two attached hydrogens (primary N) is 1. The van der Waals surface area contributed by atoms with Crippen LogP contribution >= 0.6 is 11.3 Å². The van der Waals surface area contributed by atoms with Crippen LogP contribution in [0.25, 0.3) is 0 Å². The number of nitrogens with zero attached hydrogens (tertiary/aromatic N) is 3. The number of hydrogen-bond acceptors (Lipinski definition) is 7. The Morgan fingerprint density at radius 2 is 2.29 bits per heavy atom. The highest BCUT2D eigenvalue weighted by molar-refractivity contribution is 7.15. The highest BCUT2D eigenvalue weighted by Gasteiger charge is 2.22. The summed E-state index contributed by atoms with van der Waals surface area (Å²) >= 11 is 1.32. The summed E-state index contributed by atoms with van der Waals surface area (Å²) in [7, 11) is 0. The van der Waals surface area contributed by atoms with Crippen molar-refractivity contribution in [3.63, 3.8) is 0 Å². The van der Waals surface area contributed by atoms with Crippen LogP contribution in [0, 0.1) is 17.0 Å². The molecule has 2 aromatic rings. The van der Waals surface area contributed by atoms with Crippen molar-refractivity contribution in [2.75, 3.05) is 11.1 Å². The molecular weight excluding hydrogens is 294 g/mol. The lowest BCUT2D eigenvalue weighted by Gasteiger charge is -2.03. The Hall–Kier alpha value is -2.55. The number of aryl methyl sites for hydroxylation is 2. The molecule has 0 aliphatic rings. The molecule has 21 heavy (non-hydrogen) atoms. The van der Waals surface area contributed by atoms with Gasteiger partial charge in [-0.15, -0.1) is 11.3 Å². The number of nitrogen functional groups attached to an aromatic ring is 1. The fourth-order valence-electron chi connectivity index (χ4n) is 1.77. The summed E-state index contributed by atoms with van der Waals surface area (Å²) in [6, 6.07) is 1.18. The van der Waals surface area contributed by atoms with Crippen LogP contribution in [0.2, 0.25) is 0 Å². The van der Waals surface area contributed by atoms with Crippen LogP contribution in [0.3, 0.4) is 0 Å². The third kappa shape index (κ3) is 3.14. The van der Waals surface area contributed by atoms with Crippen molar-refractivity contribution in [1.82, 2.24) is 9.97 Å². The van der Waals surface area contributed by atoms with Crippen molar-refractivity contribution in [3.8, 4) is 0 Å². The first kappa shape index (κ1) is 14.9. The fourth-order valence-corrected chi connectivity index (χ4v) is 2.66. The summed E-state index contributed by atoms with van der Waals surface area (Å²) in [6.45, 7) is 3.86. The van der Waals surface area contributed by atoms with Crippen LogP contribution in [0.5, 0.6) is 0 Å². The smallest absolute Gasteiger partial charge is 0.300 e. The summed E-state index contributed by atoms with van der Waals surface area (Å²) in [5, 5.41) is 13.9. The Bertz CT molecular complexity index is 713. The molecule has 0 aromatic carbocycles. The van der Waals surface area contributed by atoms with Gasteiger partial charge >= 0.3 is 0 Å². The van der Waals surface area contributed by atoms with E-state index in [9.17, 15) is 14.9 Å². The van der Waals surface area contributed by atoms with Crippen molar-refractivity contribution in [3.05, 3.63) is 38.5 Å². The van der Waals surface area contributed by atoms with Crippen molar-refractivity contribution >= 4 is 33.9 Å². The molecule has 3 N–H and O–H groups in total. The Morgan fingerprint density at radius 1 is 1.57 bits per heavy atom. The number of pyridine rings is 1. The van der Waals surface area contributed by atoms with Crippen molar-refractivity contribution in [1.29, 1.82) is 0 Å². The van der Waals surface area contributed by atoms with Gasteiger partial charge in [-0.2, -0.15) is 0 Å². The van der Waals surface area contributed by atoms with Crippen molar-refractivity contribution < 1.29 is 9.72 Å². The largest absolute Gasteiger partial charge is 0.384 e. The molecule has 0 spiro atoms. The quantitative estimate of drug-likeness (QED) is 0.658. The minimum atomic E-state index is -0.675. The van der Waals surface area contributed by atoms with Gasteiger partial charge in [0, 0.05) is 4.88 Å². The summed E-state index contributed by atoms with van der Waals surface area (Å²) in [5.74, 6) is -0.595. The molecule has 0 atom stereocenters. The van der Waals surface area contributed by atoms with Gasteiger partial charge in [0.2, 0.25) is 0 Å². The van der Waals surface area contributed by atoms with E-state index in [0.29, 0.717) is 5.13 Å². The van der Waals surface area contributed by atoms with Gasteiger partial charge in [-0.05, 0) is 19.4 Å². The molecule has 0 bridgehead atoms. The van der Waals surface area contributed by atoms with E-state index in [1.165, 1.54) is 17.4 Å². The minimum Gasteiger partial charge on any atom is -0.384 e. The van der Waals surface area contributed by atoms with E-state index in [1.807, 2.05) is 13.8 Å². The molecule has 8 nitrogen and oxygen atoms in total. The number of carbonyl (C=O) groups is 1. The molecule has 2 rings (SSSR count). The van der Waals surface area contributed by atoms with Crippen molar-refractivity contribution in [2.24, 2.45) is 0 Å². The van der Waals surface area contributed by atoms with Gasteiger partial charge in [-0.1, -0.05) is 6.92 Å². The number of nitrogens with one attached hydrogen (secondary N) is 1. The SMILES string of the molecule is CCc1nc(NC(=O)c2cc(N)ncc2[N+](=O)[O-])sc1C. The van der Waals surface area contributed by atoms with Gasteiger partial charge in [0.05, 0.1) is 10.6 Å². The lowest BCUT2D eigenvalue weighted by atomic mass is 10.2. The number of carbonyl (C=O) groups excluding carboxylic acids is 1. The second kappa shape index (κ2) is 5.83. The number of hydrogen-bond donors (Lipinski definition) is 2. The third-order valence-electron chi connectivity index (χ3n) is 2.79. The van der Waals surface area contributed by atoms with Gasteiger partial charge < -0.3 is 5.73 Å². The van der Waals surface area contributed by atoms with E-state index in [0.717, 1.165) is 23.2 Å². The van der Waals surface area contributed by atoms with E-state index >= 15 is 0 Å². The molecule has 0 fully saturated rings. The zero-order chi connectivity index (χ0) is 15.6. The zero-order valence-corrected chi connectivity index (χ0v) is 12.2. The van der Waals surface area contributed by atoms with Crippen LogP contribution in [-0.4, -0.2) is 20.8 Å². The summed E-state index contributed by atoms with van der Waals surface area (Å²) < 4.78 is 0. The molecule has 1 amide bonds. The zero-order valence-electron chi connectivity index (χ0n) is 11.4. The number of thiazole rings is 1. The van der Waals surface area contributed by atoms with E-state index < -0.39 is 16.5 Å². The van der Waals surface area contributed by atoms with Crippen LogP contribution in [0.1, 0.15) is 27.9 Å². The molecule has 0 unspecified atom stereocenters. The first-order valence-corrected chi connectivity index (χ1v) is 6.91. The highest BCUT2D eigenvalue weighted by Crippen LogP contribution is 2.25. The number of aromatic nitrogens is 2. The molecule has 0 aliphatic carbocycles. The minimum absolute atomic E-state index is 0.0373. The molecular formula is C12H13N5O3S. The number of anilines is 2. The van der Waals surface area contributed by atoms with E-state index in [4.69, 9.17) is 5.73 Å². The van der Waals surface area contributed by atoms with Crippen LogP contribution in [0.15, 0.2) is 12.3 Å².